The van der Waals surface area contributed by atoms with Crippen molar-refractivity contribution in [1.29, 1.82) is 0 Å². The summed E-state index contributed by atoms with van der Waals surface area (Å²) in [5.74, 6) is 0.942. The fourth-order valence-electron chi connectivity index (χ4n) is 3.98. The molecule has 4 rings (SSSR count). The molecule has 1 atom stereocenters. The van der Waals surface area contributed by atoms with Gasteiger partial charge in [-0.3, -0.25) is 4.79 Å². The SMILES string of the molecule is CCOc1cc(C(Nc2ccc(C(N)=NO)cc2)C(=O)NCc2ccccc2)ccc1OCc1ccccc1. The molecule has 0 aliphatic carbocycles. The summed E-state index contributed by atoms with van der Waals surface area (Å²) in [6.07, 6.45) is 0. The second-order valence-electron chi connectivity index (χ2n) is 8.76. The molecule has 4 aromatic rings. The lowest BCUT2D eigenvalue weighted by Crippen LogP contribution is -2.33. The van der Waals surface area contributed by atoms with Gasteiger partial charge in [0.05, 0.1) is 6.61 Å². The molecule has 4 aromatic carbocycles. The lowest BCUT2D eigenvalue weighted by molar-refractivity contribution is -0.122. The van der Waals surface area contributed by atoms with Crippen molar-refractivity contribution in [1.82, 2.24) is 5.32 Å². The predicted octanol–water partition coefficient (Wildman–Crippen LogP) is 5.23. The van der Waals surface area contributed by atoms with E-state index in [1.807, 2.05) is 85.8 Å². The first-order chi connectivity index (χ1) is 19.1. The molecule has 0 aromatic heterocycles. The summed E-state index contributed by atoms with van der Waals surface area (Å²) in [5.41, 5.74) is 9.68. The minimum absolute atomic E-state index is 0.00570. The number of nitrogens with two attached hydrogens (primary N) is 1. The number of amides is 1. The molecule has 5 N–H and O–H groups in total. The summed E-state index contributed by atoms with van der Waals surface area (Å²) in [7, 11) is 0. The Labute approximate surface area is 228 Å². The second kappa shape index (κ2) is 13.5. The van der Waals surface area contributed by atoms with Crippen LogP contribution in [0.1, 0.15) is 35.2 Å². The first-order valence-corrected chi connectivity index (χ1v) is 12.7. The number of rotatable bonds is 12. The van der Waals surface area contributed by atoms with Crippen LogP contribution in [0, 0.1) is 0 Å². The maximum Gasteiger partial charge on any atom is 0.247 e. The van der Waals surface area contributed by atoms with Crippen molar-refractivity contribution in [3.05, 3.63) is 125 Å². The van der Waals surface area contributed by atoms with Crippen LogP contribution in [0.3, 0.4) is 0 Å². The van der Waals surface area contributed by atoms with E-state index in [4.69, 9.17) is 20.4 Å². The van der Waals surface area contributed by atoms with Gasteiger partial charge in [0.2, 0.25) is 5.91 Å². The molecule has 1 unspecified atom stereocenters. The van der Waals surface area contributed by atoms with Gasteiger partial charge in [0.15, 0.2) is 17.3 Å². The van der Waals surface area contributed by atoms with Gasteiger partial charge in [-0.25, -0.2) is 0 Å². The third-order valence-corrected chi connectivity index (χ3v) is 6.01. The van der Waals surface area contributed by atoms with E-state index in [1.165, 1.54) is 0 Å². The first-order valence-electron chi connectivity index (χ1n) is 12.7. The van der Waals surface area contributed by atoms with E-state index in [9.17, 15) is 4.79 Å². The van der Waals surface area contributed by atoms with Crippen molar-refractivity contribution in [2.24, 2.45) is 10.9 Å². The average molecular weight is 525 g/mol. The Balaban J connectivity index is 1.59. The minimum atomic E-state index is -0.731. The van der Waals surface area contributed by atoms with E-state index in [1.54, 1.807) is 24.3 Å². The molecular weight excluding hydrogens is 492 g/mol. The Morgan fingerprint density at radius 3 is 2.18 bits per heavy atom. The highest BCUT2D eigenvalue weighted by Gasteiger charge is 2.22. The number of oxime groups is 1. The third kappa shape index (κ3) is 7.52. The van der Waals surface area contributed by atoms with Crippen molar-refractivity contribution < 1.29 is 19.5 Å². The average Bonchev–Trinajstić information content (AvgIpc) is 2.99. The molecule has 8 nitrogen and oxygen atoms in total. The Hall–Kier alpha value is -4.98. The van der Waals surface area contributed by atoms with Crippen LogP contribution < -0.4 is 25.8 Å². The molecule has 0 saturated heterocycles. The summed E-state index contributed by atoms with van der Waals surface area (Å²) in [6, 6.07) is 31.3. The number of hydrogen-bond donors (Lipinski definition) is 4. The zero-order valence-corrected chi connectivity index (χ0v) is 21.7. The van der Waals surface area contributed by atoms with Crippen molar-refractivity contribution in [2.45, 2.75) is 26.1 Å². The van der Waals surface area contributed by atoms with Crippen LogP contribution in [0.4, 0.5) is 5.69 Å². The van der Waals surface area contributed by atoms with Crippen molar-refractivity contribution in [3.8, 4) is 11.5 Å². The van der Waals surface area contributed by atoms with Gasteiger partial charge < -0.3 is 31.0 Å². The standard InChI is InChI=1S/C31H32N4O4/c1-2-38-28-19-25(15-18-27(28)39-21-23-11-7-4-8-12-23)29(31(36)33-20-22-9-5-3-6-10-22)34-26-16-13-24(14-17-26)30(32)35-37/h3-19,29,34,37H,2,20-21H2,1H3,(H2,32,35)(H,33,36). The molecule has 200 valence electrons. The quantitative estimate of drug-likeness (QED) is 0.0873. The number of nitrogens with one attached hydrogen (secondary N) is 2. The van der Waals surface area contributed by atoms with E-state index in [0.717, 1.165) is 11.1 Å². The number of carbonyl (C=O) groups excluding carboxylic acids is 1. The number of hydrogen-bond acceptors (Lipinski definition) is 6. The molecule has 0 radical (unpaired) electrons. The van der Waals surface area contributed by atoms with Crippen molar-refractivity contribution in [3.63, 3.8) is 0 Å². The van der Waals surface area contributed by atoms with Gasteiger partial charge in [-0.2, -0.15) is 0 Å². The summed E-state index contributed by atoms with van der Waals surface area (Å²) in [6.45, 7) is 3.13. The van der Waals surface area contributed by atoms with Crippen LogP contribution in [0.5, 0.6) is 11.5 Å². The van der Waals surface area contributed by atoms with Gasteiger partial charge in [0.1, 0.15) is 12.6 Å². The monoisotopic (exact) mass is 524 g/mol. The van der Waals surface area contributed by atoms with E-state index in [0.29, 0.717) is 48.1 Å². The van der Waals surface area contributed by atoms with Gasteiger partial charge in [-0.1, -0.05) is 71.9 Å². The normalized spacial score (nSPS) is 11.9. The van der Waals surface area contributed by atoms with Gasteiger partial charge in [-0.05, 0) is 60.0 Å². The first kappa shape index (κ1) is 27.1. The van der Waals surface area contributed by atoms with E-state index in [2.05, 4.69) is 15.8 Å². The lowest BCUT2D eigenvalue weighted by Gasteiger charge is -2.22. The summed E-state index contributed by atoms with van der Waals surface area (Å²) in [4.78, 5) is 13.5. The summed E-state index contributed by atoms with van der Waals surface area (Å²) >= 11 is 0. The minimum Gasteiger partial charge on any atom is -0.490 e. The summed E-state index contributed by atoms with van der Waals surface area (Å²) in [5, 5.41) is 18.3. The molecule has 0 spiro atoms. The molecule has 0 aliphatic heterocycles. The van der Waals surface area contributed by atoms with E-state index >= 15 is 0 Å². The van der Waals surface area contributed by atoms with E-state index < -0.39 is 6.04 Å². The number of anilines is 1. The smallest absolute Gasteiger partial charge is 0.247 e. The number of benzene rings is 4. The number of ether oxygens (including phenoxy) is 2. The maximum absolute atomic E-state index is 13.5. The third-order valence-electron chi connectivity index (χ3n) is 6.01. The second-order valence-corrected chi connectivity index (χ2v) is 8.76. The Morgan fingerprint density at radius 1 is 0.872 bits per heavy atom. The lowest BCUT2D eigenvalue weighted by atomic mass is 10.0. The zero-order valence-electron chi connectivity index (χ0n) is 21.7. The summed E-state index contributed by atoms with van der Waals surface area (Å²) < 4.78 is 11.9. The predicted molar refractivity (Wildman–Crippen MR) is 152 cm³/mol. The molecule has 1 amide bonds. The highest BCUT2D eigenvalue weighted by molar-refractivity contribution is 5.97. The van der Waals surface area contributed by atoms with Crippen LogP contribution in [-0.4, -0.2) is 23.6 Å². The molecule has 8 heteroatoms. The van der Waals surface area contributed by atoms with Gasteiger partial charge in [0.25, 0.3) is 0 Å². The van der Waals surface area contributed by atoms with Crippen molar-refractivity contribution in [2.75, 3.05) is 11.9 Å². The van der Waals surface area contributed by atoms with Gasteiger partial charge in [0, 0.05) is 17.8 Å². The Bertz CT molecular complexity index is 1380. The molecule has 0 saturated carbocycles. The van der Waals surface area contributed by atoms with Crippen LogP contribution in [0.15, 0.2) is 108 Å². The number of nitrogens with zero attached hydrogens (tertiary/aromatic N) is 1. The highest BCUT2D eigenvalue weighted by Crippen LogP contribution is 2.33. The molecule has 0 fully saturated rings. The fraction of sp³-hybridized carbons (Fsp3) is 0.161. The highest BCUT2D eigenvalue weighted by atomic mass is 16.5. The fourth-order valence-corrected chi connectivity index (χ4v) is 3.98. The molecule has 0 bridgehead atoms. The van der Waals surface area contributed by atoms with E-state index in [-0.39, 0.29) is 11.7 Å². The maximum atomic E-state index is 13.5. The van der Waals surface area contributed by atoms with Gasteiger partial charge in [-0.15, -0.1) is 0 Å². The van der Waals surface area contributed by atoms with Crippen LogP contribution in [0.2, 0.25) is 0 Å². The zero-order chi connectivity index (χ0) is 27.5. The topological polar surface area (TPSA) is 118 Å². The molecule has 0 heterocycles. The van der Waals surface area contributed by atoms with Crippen LogP contribution >= 0.6 is 0 Å². The van der Waals surface area contributed by atoms with Gasteiger partial charge >= 0.3 is 0 Å². The number of amidine groups is 1. The molecular formula is C31H32N4O4. The molecule has 0 aliphatic rings. The van der Waals surface area contributed by atoms with Crippen molar-refractivity contribution >= 4 is 17.4 Å². The Morgan fingerprint density at radius 2 is 1.54 bits per heavy atom. The Kier molecular flexibility index (Phi) is 9.39. The molecule has 39 heavy (non-hydrogen) atoms. The van der Waals surface area contributed by atoms with Crippen LogP contribution in [-0.2, 0) is 17.9 Å². The largest absolute Gasteiger partial charge is 0.490 e. The number of carbonyl (C=O) groups is 1. The van der Waals surface area contributed by atoms with Crippen LogP contribution in [0.25, 0.3) is 0 Å².